The molecule has 2 aromatic rings. The monoisotopic (exact) mass is 430 g/mol. The van der Waals surface area contributed by atoms with Crippen LogP contribution >= 0.6 is 0 Å². The van der Waals surface area contributed by atoms with Gasteiger partial charge in [-0.3, -0.25) is 14.7 Å². The van der Waals surface area contributed by atoms with Crippen LogP contribution in [0.2, 0.25) is 0 Å². The Kier molecular flexibility index (Phi) is 9.02. The van der Waals surface area contributed by atoms with Crippen molar-refractivity contribution in [3.63, 3.8) is 0 Å². The fourth-order valence-corrected chi connectivity index (χ4v) is 3.70. The molecule has 0 aromatic carbocycles. The Morgan fingerprint density at radius 1 is 1.19 bits per heavy atom. The van der Waals surface area contributed by atoms with E-state index in [1.165, 1.54) is 17.8 Å². The highest BCUT2D eigenvalue weighted by Crippen LogP contribution is 2.20. The van der Waals surface area contributed by atoms with Crippen molar-refractivity contribution in [2.45, 2.75) is 44.9 Å². The number of aromatic nitrogens is 2. The summed E-state index contributed by atoms with van der Waals surface area (Å²) >= 11 is 0. The number of nitrogens with one attached hydrogen (secondary N) is 1. The first-order valence-electron chi connectivity index (χ1n) is 11.0. The molecule has 2 aromatic heterocycles. The molecule has 0 unspecified atom stereocenters. The van der Waals surface area contributed by atoms with Crippen molar-refractivity contribution in [1.29, 1.82) is 0 Å². The highest BCUT2D eigenvalue weighted by Gasteiger charge is 2.11. The highest BCUT2D eigenvalue weighted by molar-refractivity contribution is 5.66. The van der Waals surface area contributed by atoms with E-state index < -0.39 is 11.8 Å². The molecule has 0 amide bonds. The number of pyridine rings is 2. The van der Waals surface area contributed by atoms with E-state index >= 15 is 0 Å². The van der Waals surface area contributed by atoms with E-state index in [1.807, 2.05) is 0 Å². The quantitative estimate of drug-likeness (QED) is 0.470. The first kappa shape index (κ1) is 22.9. The molecule has 168 valence electrons. The summed E-state index contributed by atoms with van der Waals surface area (Å²) in [5.74, 6) is 0.219. The lowest BCUT2D eigenvalue weighted by Gasteiger charge is -2.22. The molecule has 31 heavy (non-hydrogen) atoms. The number of aliphatic carboxylic acids is 1. The molecule has 0 radical (unpaired) electrons. The van der Waals surface area contributed by atoms with Crippen molar-refractivity contribution in [3.05, 3.63) is 47.7 Å². The summed E-state index contributed by atoms with van der Waals surface area (Å²) in [6.45, 7) is 3.58. The molecule has 0 atom stereocenters. The Bertz CT molecular complexity index is 849. The summed E-state index contributed by atoms with van der Waals surface area (Å²) in [5, 5.41) is 12.3. The fourth-order valence-electron chi connectivity index (χ4n) is 3.70. The number of nitrogens with zero attached hydrogens (tertiary/aromatic N) is 3. The maximum absolute atomic E-state index is 13.2. The second kappa shape index (κ2) is 12.2. The first-order chi connectivity index (χ1) is 15.1. The maximum Gasteiger partial charge on any atom is 0.303 e. The van der Waals surface area contributed by atoms with Crippen LogP contribution in [0.3, 0.4) is 0 Å². The number of hydrogen-bond acceptors (Lipinski definition) is 6. The number of ether oxygens (including phenoxy) is 1. The van der Waals surface area contributed by atoms with Crippen LogP contribution in [0.15, 0.2) is 30.6 Å². The van der Waals surface area contributed by atoms with Gasteiger partial charge in [-0.05, 0) is 63.2 Å². The second-order valence-corrected chi connectivity index (χ2v) is 7.82. The van der Waals surface area contributed by atoms with Gasteiger partial charge in [0.2, 0.25) is 0 Å². The number of unbranched alkanes of at least 4 members (excludes halogenated alkanes) is 1. The third-order valence-electron chi connectivity index (χ3n) is 5.33. The zero-order chi connectivity index (χ0) is 21.9. The Balaban J connectivity index is 1.42. The number of anilines is 1. The van der Waals surface area contributed by atoms with Crippen LogP contribution in [0.25, 0.3) is 0 Å². The third kappa shape index (κ3) is 8.13. The lowest BCUT2D eigenvalue weighted by Crippen LogP contribution is -2.31. The van der Waals surface area contributed by atoms with E-state index in [0.29, 0.717) is 31.9 Å². The van der Waals surface area contributed by atoms with Gasteiger partial charge in [0.15, 0.2) is 0 Å². The lowest BCUT2D eigenvalue weighted by molar-refractivity contribution is -0.137. The van der Waals surface area contributed by atoms with Crippen LogP contribution in [0, 0.1) is 5.82 Å². The van der Waals surface area contributed by atoms with Crippen molar-refractivity contribution in [3.8, 4) is 5.75 Å². The Morgan fingerprint density at radius 2 is 2.06 bits per heavy atom. The number of carboxylic acids is 1. The lowest BCUT2D eigenvalue weighted by atomic mass is 10.1. The smallest absolute Gasteiger partial charge is 0.303 e. The molecule has 7 nitrogen and oxygen atoms in total. The van der Waals surface area contributed by atoms with Gasteiger partial charge in [-0.25, -0.2) is 9.37 Å². The minimum atomic E-state index is -0.783. The van der Waals surface area contributed by atoms with Gasteiger partial charge >= 0.3 is 5.97 Å². The van der Waals surface area contributed by atoms with E-state index in [-0.39, 0.29) is 6.42 Å². The van der Waals surface area contributed by atoms with Gasteiger partial charge in [0.05, 0.1) is 12.4 Å². The summed E-state index contributed by atoms with van der Waals surface area (Å²) in [6, 6.07) is 5.61. The zero-order valence-corrected chi connectivity index (χ0v) is 17.9. The van der Waals surface area contributed by atoms with Gasteiger partial charge < -0.3 is 15.2 Å². The standard InChI is InChI=1S/C23H31FN4O3/c24-19-15-21(17-25-16-19)31-14-13-28(12-4-7-22(29)30)11-2-1-6-20-9-8-18-5-3-10-26-23(18)27-20/h8-9,15-17H,1-7,10-14H2,(H,26,27)(H,29,30). The Labute approximate surface area is 182 Å². The van der Waals surface area contributed by atoms with E-state index in [0.717, 1.165) is 62.9 Å². The molecule has 0 fully saturated rings. The molecule has 3 heterocycles. The van der Waals surface area contributed by atoms with Gasteiger partial charge in [0, 0.05) is 31.3 Å². The summed E-state index contributed by atoms with van der Waals surface area (Å²) in [7, 11) is 0. The van der Waals surface area contributed by atoms with Gasteiger partial charge in [-0.15, -0.1) is 0 Å². The molecule has 1 aliphatic heterocycles. The maximum atomic E-state index is 13.2. The van der Waals surface area contributed by atoms with Gasteiger partial charge in [-0.1, -0.05) is 6.07 Å². The molecule has 0 saturated carbocycles. The number of halogens is 1. The largest absolute Gasteiger partial charge is 0.491 e. The topological polar surface area (TPSA) is 87.6 Å². The summed E-state index contributed by atoms with van der Waals surface area (Å²) < 4.78 is 18.8. The molecule has 1 aliphatic rings. The van der Waals surface area contributed by atoms with Crippen molar-refractivity contribution in [2.24, 2.45) is 0 Å². The Hall–Kier alpha value is -2.74. The SMILES string of the molecule is O=C(O)CCCN(CCCCc1ccc2c(n1)NCCC2)CCOc1cncc(F)c1. The molecule has 8 heteroatoms. The minimum absolute atomic E-state index is 0.150. The van der Waals surface area contributed by atoms with Gasteiger partial charge in [0.25, 0.3) is 0 Å². The summed E-state index contributed by atoms with van der Waals surface area (Å²) in [6.07, 6.45) is 8.53. The third-order valence-corrected chi connectivity index (χ3v) is 5.33. The highest BCUT2D eigenvalue weighted by atomic mass is 19.1. The molecule has 3 rings (SSSR count). The molecule has 0 spiro atoms. The Morgan fingerprint density at radius 3 is 2.90 bits per heavy atom. The number of carbonyl (C=O) groups is 1. The van der Waals surface area contributed by atoms with Crippen LogP contribution in [-0.2, 0) is 17.6 Å². The summed E-state index contributed by atoms with van der Waals surface area (Å²) in [4.78, 5) is 21.6. The molecule has 2 N–H and O–H groups in total. The van der Waals surface area contributed by atoms with Gasteiger partial charge in [-0.2, -0.15) is 0 Å². The predicted molar refractivity (Wildman–Crippen MR) is 117 cm³/mol. The molecular formula is C23H31FN4O3. The number of carboxylic acid groups (broad SMARTS) is 1. The van der Waals surface area contributed by atoms with Crippen molar-refractivity contribution in [1.82, 2.24) is 14.9 Å². The normalized spacial score (nSPS) is 13.0. The van der Waals surface area contributed by atoms with E-state index in [2.05, 4.69) is 27.3 Å². The van der Waals surface area contributed by atoms with Crippen molar-refractivity contribution >= 4 is 11.8 Å². The summed E-state index contributed by atoms with van der Waals surface area (Å²) in [5.41, 5.74) is 2.40. The number of hydrogen-bond donors (Lipinski definition) is 2. The van der Waals surface area contributed by atoms with Gasteiger partial charge in [0.1, 0.15) is 24.0 Å². The first-order valence-corrected chi connectivity index (χ1v) is 11.0. The van der Waals surface area contributed by atoms with Crippen LogP contribution < -0.4 is 10.1 Å². The number of aryl methyl sites for hydroxylation is 2. The second-order valence-electron chi connectivity index (χ2n) is 7.82. The number of rotatable bonds is 13. The zero-order valence-electron chi connectivity index (χ0n) is 17.9. The molecular weight excluding hydrogens is 399 g/mol. The average Bonchev–Trinajstić information content (AvgIpc) is 2.76. The van der Waals surface area contributed by atoms with Crippen molar-refractivity contribution < 1.29 is 19.0 Å². The average molecular weight is 431 g/mol. The minimum Gasteiger partial charge on any atom is -0.491 e. The molecule has 0 saturated heterocycles. The van der Waals surface area contributed by atoms with E-state index in [9.17, 15) is 9.18 Å². The van der Waals surface area contributed by atoms with Crippen LogP contribution in [-0.4, -0.2) is 58.7 Å². The fraction of sp³-hybridized carbons (Fsp3) is 0.522. The van der Waals surface area contributed by atoms with E-state index in [1.54, 1.807) is 0 Å². The van der Waals surface area contributed by atoms with Crippen LogP contribution in [0.4, 0.5) is 10.2 Å². The molecule has 0 bridgehead atoms. The number of fused-ring (bicyclic) bond motifs is 1. The van der Waals surface area contributed by atoms with Crippen LogP contribution in [0.1, 0.15) is 43.4 Å². The predicted octanol–water partition coefficient (Wildman–Crippen LogP) is 3.54. The van der Waals surface area contributed by atoms with Crippen LogP contribution in [0.5, 0.6) is 5.75 Å². The van der Waals surface area contributed by atoms with E-state index in [4.69, 9.17) is 14.8 Å². The molecule has 0 aliphatic carbocycles. The van der Waals surface area contributed by atoms with Crippen molar-refractivity contribution in [2.75, 3.05) is 38.1 Å².